The van der Waals surface area contributed by atoms with Crippen LogP contribution in [-0.2, 0) is 6.42 Å². The molecule has 0 aliphatic carbocycles. The normalized spacial score (nSPS) is 10.6. The molecule has 0 fully saturated rings. The molecule has 2 aromatic rings. The Hall–Kier alpha value is -0.690. The maximum absolute atomic E-state index is 4.66. The fraction of sp³-hybridized carbons (Fsp3) is 0.333. The Morgan fingerprint density at radius 3 is 2.70 bits per heavy atom. The average molecular weight is 446 g/mol. The monoisotopic (exact) mass is 445 g/mol. The van der Waals surface area contributed by atoms with Crippen LogP contribution in [-0.4, -0.2) is 16.5 Å². The lowest BCUT2D eigenvalue weighted by Crippen LogP contribution is -2.09. The lowest BCUT2D eigenvalue weighted by Gasteiger charge is -2.11. The van der Waals surface area contributed by atoms with Crippen molar-refractivity contribution in [3.05, 3.63) is 49.4 Å². The van der Waals surface area contributed by atoms with Gasteiger partial charge in [0.05, 0.1) is 9.26 Å². The molecule has 0 saturated carbocycles. The summed E-state index contributed by atoms with van der Waals surface area (Å²) in [6.07, 6.45) is 1.82. The molecule has 1 N–H and O–H groups in total. The highest BCUT2D eigenvalue weighted by Gasteiger charge is 2.10. The second-order valence-corrected chi connectivity index (χ2v) is 6.52. The summed E-state index contributed by atoms with van der Waals surface area (Å²) in [7, 11) is 0. The summed E-state index contributed by atoms with van der Waals surface area (Å²) in [6.45, 7) is 5.11. The number of hydrogen-bond acceptors (Lipinski definition) is 3. The molecule has 3 nitrogen and oxygen atoms in total. The largest absolute Gasteiger partial charge is 0.369 e. The molecule has 1 heterocycles. The molecule has 5 heteroatoms. The van der Waals surface area contributed by atoms with Crippen molar-refractivity contribution in [3.63, 3.8) is 0 Å². The fourth-order valence-electron chi connectivity index (χ4n) is 1.87. The molecule has 1 aromatic heterocycles. The van der Waals surface area contributed by atoms with E-state index in [1.54, 1.807) is 0 Å². The predicted octanol–water partition coefficient (Wildman–Crippen LogP) is 4.56. The van der Waals surface area contributed by atoms with E-state index in [1.165, 1.54) is 5.56 Å². The van der Waals surface area contributed by atoms with E-state index >= 15 is 0 Å². The van der Waals surface area contributed by atoms with Crippen molar-refractivity contribution < 1.29 is 0 Å². The van der Waals surface area contributed by atoms with Gasteiger partial charge in [0.15, 0.2) is 0 Å². The van der Waals surface area contributed by atoms with E-state index in [2.05, 4.69) is 66.8 Å². The molecule has 0 amide bonds. The summed E-state index contributed by atoms with van der Waals surface area (Å²) in [5, 5.41) is 3.37. The molecule has 0 aliphatic rings. The van der Waals surface area contributed by atoms with Gasteiger partial charge in [-0.25, -0.2) is 9.97 Å². The Kier molecular flexibility index (Phi) is 5.77. The fourth-order valence-corrected chi connectivity index (χ4v) is 2.73. The Morgan fingerprint density at radius 1 is 1.25 bits per heavy atom. The molecule has 20 heavy (non-hydrogen) atoms. The van der Waals surface area contributed by atoms with Crippen LogP contribution in [0.5, 0.6) is 0 Å². The number of anilines is 1. The number of halogens is 2. The Bertz CT molecular complexity index is 602. The molecule has 0 radical (unpaired) electrons. The molecular weight excluding hydrogens is 429 g/mol. The Labute approximate surface area is 141 Å². The number of hydrogen-bond donors (Lipinski definition) is 1. The highest BCUT2D eigenvalue weighted by molar-refractivity contribution is 14.1. The first-order valence-corrected chi connectivity index (χ1v) is 8.49. The van der Waals surface area contributed by atoms with Crippen LogP contribution >= 0.6 is 38.5 Å². The van der Waals surface area contributed by atoms with E-state index in [0.29, 0.717) is 0 Å². The van der Waals surface area contributed by atoms with Gasteiger partial charge < -0.3 is 5.32 Å². The minimum absolute atomic E-state index is 0.736. The first kappa shape index (κ1) is 15.7. The molecule has 1 aromatic carbocycles. The van der Waals surface area contributed by atoms with Gasteiger partial charge in [-0.2, -0.15) is 0 Å². The summed E-state index contributed by atoms with van der Waals surface area (Å²) in [6, 6.07) is 8.20. The van der Waals surface area contributed by atoms with Gasteiger partial charge in [-0.05, 0) is 47.6 Å². The minimum Gasteiger partial charge on any atom is -0.369 e. The smallest absolute Gasteiger partial charge is 0.143 e. The van der Waals surface area contributed by atoms with E-state index in [1.807, 2.05) is 25.1 Å². The molecule has 0 spiro atoms. The SMILES string of the molecule is CCCNc1nc(Cc2ccccc2Br)nc(C)c1I. The van der Waals surface area contributed by atoms with Crippen molar-refractivity contribution in [2.75, 3.05) is 11.9 Å². The van der Waals surface area contributed by atoms with Crippen molar-refractivity contribution in [1.82, 2.24) is 9.97 Å². The Balaban J connectivity index is 2.28. The van der Waals surface area contributed by atoms with Crippen LogP contribution in [0.2, 0.25) is 0 Å². The summed E-state index contributed by atoms with van der Waals surface area (Å²) in [5.41, 5.74) is 2.23. The zero-order valence-electron chi connectivity index (χ0n) is 11.6. The maximum Gasteiger partial charge on any atom is 0.143 e. The van der Waals surface area contributed by atoms with Crippen LogP contribution in [0, 0.1) is 10.5 Å². The van der Waals surface area contributed by atoms with Crippen molar-refractivity contribution in [2.24, 2.45) is 0 Å². The van der Waals surface area contributed by atoms with Crippen LogP contribution in [0.15, 0.2) is 28.7 Å². The lowest BCUT2D eigenvalue weighted by atomic mass is 10.1. The number of aryl methyl sites for hydroxylation is 1. The number of nitrogens with one attached hydrogen (secondary N) is 1. The van der Waals surface area contributed by atoms with Crippen molar-refractivity contribution >= 4 is 44.3 Å². The first-order chi connectivity index (χ1) is 9.61. The van der Waals surface area contributed by atoms with E-state index < -0.39 is 0 Å². The van der Waals surface area contributed by atoms with E-state index in [0.717, 1.165) is 44.8 Å². The third kappa shape index (κ3) is 3.91. The second-order valence-electron chi connectivity index (χ2n) is 4.58. The summed E-state index contributed by atoms with van der Waals surface area (Å²) >= 11 is 5.88. The number of aromatic nitrogens is 2. The van der Waals surface area contributed by atoms with Crippen LogP contribution < -0.4 is 5.32 Å². The lowest BCUT2D eigenvalue weighted by molar-refractivity contribution is 0.908. The van der Waals surface area contributed by atoms with Gasteiger partial charge in [-0.3, -0.25) is 0 Å². The molecule has 0 aliphatic heterocycles. The van der Waals surface area contributed by atoms with Gasteiger partial charge in [0.2, 0.25) is 0 Å². The molecule has 106 valence electrons. The van der Waals surface area contributed by atoms with Crippen molar-refractivity contribution in [1.29, 1.82) is 0 Å². The molecule has 0 bridgehead atoms. The third-order valence-electron chi connectivity index (χ3n) is 2.91. The highest BCUT2D eigenvalue weighted by atomic mass is 127. The maximum atomic E-state index is 4.66. The predicted molar refractivity (Wildman–Crippen MR) is 95.2 cm³/mol. The first-order valence-electron chi connectivity index (χ1n) is 6.62. The standard InChI is InChI=1S/C15H17BrIN3/c1-3-8-18-15-14(17)10(2)19-13(20-15)9-11-6-4-5-7-12(11)16/h4-7H,3,8-9H2,1-2H3,(H,18,19,20). The van der Waals surface area contributed by atoms with Crippen LogP contribution in [0.25, 0.3) is 0 Å². The molecule has 0 unspecified atom stereocenters. The molecule has 2 rings (SSSR count). The van der Waals surface area contributed by atoms with Crippen LogP contribution in [0.4, 0.5) is 5.82 Å². The number of benzene rings is 1. The van der Waals surface area contributed by atoms with E-state index in [9.17, 15) is 0 Å². The van der Waals surface area contributed by atoms with Gasteiger partial charge in [0.25, 0.3) is 0 Å². The second kappa shape index (κ2) is 7.36. The number of nitrogens with zero attached hydrogens (tertiary/aromatic N) is 2. The van der Waals surface area contributed by atoms with E-state index in [-0.39, 0.29) is 0 Å². The summed E-state index contributed by atoms with van der Waals surface area (Å²) < 4.78 is 2.20. The minimum atomic E-state index is 0.736. The summed E-state index contributed by atoms with van der Waals surface area (Å²) in [5.74, 6) is 1.80. The topological polar surface area (TPSA) is 37.8 Å². The van der Waals surface area contributed by atoms with Crippen molar-refractivity contribution in [3.8, 4) is 0 Å². The van der Waals surface area contributed by atoms with Crippen LogP contribution in [0.3, 0.4) is 0 Å². The molecule has 0 atom stereocenters. The molecular formula is C15H17BrIN3. The zero-order valence-corrected chi connectivity index (χ0v) is 15.3. The van der Waals surface area contributed by atoms with Gasteiger partial charge in [0, 0.05) is 17.4 Å². The highest BCUT2D eigenvalue weighted by Crippen LogP contribution is 2.22. The Morgan fingerprint density at radius 2 is 2.00 bits per heavy atom. The molecule has 0 saturated heterocycles. The van der Waals surface area contributed by atoms with Gasteiger partial charge in [-0.15, -0.1) is 0 Å². The summed E-state index contributed by atoms with van der Waals surface area (Å²) in [4.78, 5) is 9.25. The van der Waals surface area contributed by atoms with Gasteiger partial charge >= 0.3 is 0 Å². The number of rotatable bonds is 5. The van der Waals surface area contributed by atoms with Crippen LogP contribution in [0.1, 0.15) is 30.4 Å². The quantitative estimate of drug-likeness (QED) is 0.685. The van der Waals surface area contributed by atoms with Gasteiger partial charge in [-0.1, -0.05) is 41.1 Å². The zero-order chi connectivity index (χ0) is 14.5. The third-order valence-corrected chi connectivity index (χ3v) is 4.98. The average Bonchev–Trinajstić information content (AvgIpc) is 2.43. The van der Waals surface area contributed by atoms with Gasteiger partial charge in [0.1, 0.15) is 11.6 Å². The van der Waals surface area contributed by atoms with Crippen molar-refractivity contribution in [2.45, 2.75) is 26.7 Å². The van der Waals surface area contributed by atoms with E-state index in [4.69, 9.17) is 0 Å².